The Morgan fingerprint density at radius 1 is 0.970 bits per heavy atom. The van der Waals surface area contributed by atoms with Crippen molar-refractivity contribution >= 4 is 27.7 Å². The van der Waals surface area contributed by atoms with E-state index in [0.29, 0.717) is 91.0 Å². The molecule has 3 aliphatic rings. The summed E-state index contributed by atoms with van der Waals surface area (Å²) in [6.45, 7) is 11.7. The van der Waals surface area contributed by atoms with Crippen molar-refractivity contribution in [3.63, 3.8) is 0 Å². The molecule has 0 radical (unpaired) electrons. The molecule has 2 atom stereocenters. The van der Waals surface area contributed by atoms with E-state index in [0.717, 1.165) is 40.3 Å². The van der Waals surface area contributed by atoms with Crippen LogP contribution in [0, 0.1) is 19.7 Å². The first-order chi connectivity index (χ1) is 31.7. The average Bonchev–Trinajstić information content (AvgIpc) is 3.77. The minimum absolute atomic E-state index is 0.216. The van der Waals surface area contributed by atoms with Gasteiger partial charge in [0.05, 0.1) is 53.6 Å². The van der Waals surface area contributed by atoms with Gasteiger partial charge in [-0.2, -0.15) is 10.2 Å². The first-order valence-corrected chi connectivity index (χ1v) is 22.6. The Morgan fingerprint density at radius 3 is 2.47 bits per heavy atom. The summed E-state index contributed by atoms with van der Waals surface area (Å²) in [5, 5.41) is 15.6. The van der Waals surface area contributed by atoms with E-state index < -0.39 is 17.3 Å². The second-order valence-electron chi connectivity index (χ2n) is 18.8. The number of ether oxygens (including phenoxy) is 2. The molecular formula is C49H51FN10O6. The van der Waals surface area contributed by atoms with Crippen molar-refractivity contribution in [2.24, 2.45) is 0 Å². The fraction of sp³-hybridized carbons (Fsp3) is 0.388. The second-order valence-corrected chi connectivity index (χ2v) is 18.8. The largest absolute Gasteiger partial charge is 0.438 e. The highest BCUT2D eigenvalue weighted by molar-refractivity contribution is 6.00. The molecule has 1 saturated heterocycles. The molecule has 1 N–H and O–H groups in total. The van der Waals surface area contributed by atoms with Crippen molar-refractivity contribution in [3.05, 3.63) is 140 Å². The molecule has 7 heterocycles. The van der Waals surface area contributed by atoms with Crippen molar-refractivity contribution in [3.8, 4) is 17.2 Å². The van der Waals surface area contributed by atoms with E-state index in [-0.39, 0.29) is 28.9 Å². The number of aromatic nitrogens is 9. The lowest BCUT2D eigenvalue weighted by molar-refractivity contribution is -0.0592. The Kier molecular flexibility index (Phi) is 9.74. The fourth-order valence-electron chi connectivity index (χ4n) is 10.6. The SMILES string of the molecule is COCCn1ncc2cc(-n3ccn(-c4c5c(nn4-c4cc(C)c(F)c(C)c4)CCN(C(=O)c4cc6cc([C@@H]7CCOC(C)(C)C7)ccc6n4C4(c6noc(=O)[nH]6)CC4)[C@H]5C)c3=O)ccc21. The van der Waals surface area contributed by atoms with Gasteiger partial charge < -0.3 is 18.9 Å². The standard InChI is InChI=1S/C49H51FN10O6/c1-28-21-36(22-29(2)42(28)50)60-43(57-17-16-56(47(57)63)35-8-10-38-34(24-35)27-51-58(38)18-20-64-6)41-30(3)55(15-11-37(41)53-60)44(61)40-25-33-23-31(32-12-19-65-48(4,5)26-32)7-9-39(33)59(40)49(13-14-49)45-52-46(62)66-54-45/h7-10,16-17,21-25,27,30,32H,11-15,18-20,26H2,1-6H3,(H,52,54,62)/t30-,32+/m0/s1. The fourth-order valence-corrected chi connectivity index (χ4v) is 10.6. The molecule has 11 rings (SSSR count). The molecule has 66 heavy (non-hydrogen) atoms. The van der Waals surface area contributed by atoms with Crippen molar-refractivity contribution in [1.82, 2.24) is 48.3 Å². The lowest BCUT2D eigenvalue weighted by Gasteiger charge is -2.35. The molecule has 2 aliphatic heterocycles. The molecule has 17 heteroatoms. The minimum atomic E-state index is -0.790. The smallest absolute Gasteiger partial charge is 0.383 e. The van der Waals surface area contributed by atoms with Crippen LogP contribution in [0.4, 0.5) is 4.39 Å². The second kappa shape index (κ2) is 15.4. The number of imidazole rings is 1. The number of carbonyl (C=O) groups excluding carboxylic acids is 1. The van der Waals surface area contributed by atoms with Crippen LogP contribution >= 0.6 is 0 Å². The van der Waals surface area contributed by atoms with Gasteiger partial charge in [0.25, 0.3) is 5.91 Å². The highest BCUT2D eigenvalue weighted by atomic mass is 19.1. The normalized spacial score (nSPS) is 18.9. The Bertz CT molecular complexity index is 3330. The maximum atomic E-state index is 15.5. The summed E-state index contributed by atoms with van der Waals surface area (Å²) < 4.78 is 40.2. The van der Waals surface area contributed by atoms with Crippen molar-refractivity contribution in [2.75, 3.05) is 26.9 Å². The van der Waals surface area contributed by atoms with Gasteiger partial charge in [-0.3, -0.25) is 28.1 Å². The number of benzene rings is 3. The number of H-pyrrole nitrogens is 1. The third kappa shape index (κ3) is 6.69. The molecule has 5 aromatic heterocycles. The van der Waals surface area contributed by atoms with Crippen molar-refractivity contribution in [2.45, 2.75) is 96.4 Å². The van der Waals surface area contributed by atoms with Crippen LogP contribution in [0.1, 0.15) is 103 Å². The number of halogens is 1. The number of nitrogens with one attached hydrogen (secondary N) is 1. The minimum Gasteiger partial charge on any atom is -0.383 e. The highest BCUT2D eigenvalue weighted by Crippen LogP contribution is 2.51. The van der Waals surface area contributed by atoms with Gasteiger partial charge in [-0.25, -0.2) is 18.7 Å². The summed E-state index contributed by atoms with van der Waals surface area (Å²) in [7, 11) is 1.65. The summed E-state index contributed by atoms with van der Waals surface area (Å²) in [5.41, 5.74) is 5.58. The summed E-state index contributed by atoms with van der Waals surface area (Å²) in [4.78, 5) is 47.3. The number of hydrogen-bond acceptors (Lipinski definition) is 9. The number of carbonyl (C=O) groups is 1. The number of rotatable bonds is 10. The summed E-state index contributed by atoms with van der Waals surface area (Å²) in [6, 6.07) is 17.0. The third-order valence-corrected chi connectivity index (χ3v) is 14.0. The van der Waals surface area contributed by atoms with E-state index >= 15 is 9.18 Å². The zero-order valence-corrected chi connectivity index (χ0v) is 37.8. The van der Waals surface area contributed by atoms with E-state index in [1.54, 1.807) is 65.5 Å². The van der Waals surface area contributed by atoms with Crippen LogP contribution in [0.25, 0.3) is 39.0 Å². The Morgan fingerprint density at radius 2 is 1.74 bits per heavy atom. The highest BCUT2D eigenvalue weighted by Gasteiger charge is 2.52. The summed E-state index contributed by atoms with van der Waals surface area (Å²) in [6.07, 6.45) is 8.66. The number of methoxy groups -OCH3 is 1. The van der Waals surface area contributed by atoms with Crippen LogP contribution in [0.3, 0.4) is 0 Å². The van der Waals surface area contributed by atoms with Gasteiger partial charge in [0, 0.05) is 60.9 Å². The van der Waals surface area contributed by atoms with Crippen LogP contribution in [-0.4, -0.2) is 86.7 Å². The lowest BCUT2D eigenvalue weighted by atomic mass is 9.83. The molecule has 1 saturated carbocycles. The lowest BCUT2D eigenvalue weighted by Crippen LogP contribution is -2.41. The zero-order valence-electron chi connectivity index (χ0n) is 37.8. The molecule has 1 amide bonds. The molecule has 0 spiro atoms. The van der Waals surface area contributed by atoms with E-state index in [4.69, 9.17) is 19.1 Å². The number of aryl methyl sites for hydroxylation is 2. The van der Waals surface area contributed by atoms with Gasteiger partial charge in [-0.15, -0.1) is 0 Å². The predicted octanol–water partition coefficient (Wildman–Crippen LogP) is 7.17. The molecule has 0 unspecified atom stereocenters. The summed E-state index contributed by atoms with van der Waals surface area (Å²) >= 11 is 0. The van der Waals surface area contributed by atoms with E-state index in [2.05, 4.69) is 47.3 Å². The molecule has 2 fully saturated rings. The van der Waals surface area contributed by atoms with Gasteiger partial charge in [0.1, 0.15) is 22.9 Å². The molecule has 3 aromatic carbocycles. The average molecular weight is 895 g/mol. The molecule has 8 aromatic rings. The molecule has 16 nitrogen and oxygen atoms in total. The maximum Gasteiger partial charge on any atom is 0.438 e. The van der Waals surface area contributed by atoms with Crippen molar-refractivity contribution in [1.29, 1.82) is 0 Å². The van der Waals surface area contributed by atoms with E-state index in [1.165, 1.54) is 5.56 Å². The van der Waals surface area contributed by atoms with Gasteiger partial charge in [-0.05, 0) is 131 Å². The van der Waals surface area contributed by atoms with Crippen LogP contribution in [0.2, 0.25) is 0 Å². The van der Waals surface area contributed by atoms with E-state index in [9.17, 15) is 9.59 Å². The summed E-state index contributed by atoms with van der Waals surface area (Å²) in [5.74, 6) is -0.0592. The van der Waals surface area contributed by atoms with E-state index in [1.807, 2.05) is 45.3 Å². The zero-order chi connectivity index (χ0) is 45.8. The van der Waals surface area contributed by atoms with Gasteiger partial charge in [-0.1, -0.05) is 11.2 Å². The van der Waals surface area contributed by atoms with Gasteiger partial charge >= 0.3 is 11.4 Å². The van der Waals surface area contributed by atoms with Crippen LogP contribution in [-0.2, 0) is 28.0 Å². The number of amides is 1. The third-order valence-electron chi connectivity index (χ3n) is 14.0. The number of aromatic amines is 1. The number of fused-ring (bicyclic) bond motifs is 3. The first kappa shape index (κ1) is 41.8. The van der Waals surface area contributed by atoms with Crippen LogP contribution in [0.5, 0.6) is 0 Å². The maximum absolute atomic E-state index is 15.5. The molecular weight excluding hydrogens is 844 g/mol. The topological polar surface area (TPSA) is 165 Å². The van der Waals surface area contributed by atoms with Crippen molar-refractivity contribution < 1.29 is 23.2 Å². The quantitative estimate of drug-likeness (QED) is 0.150. The van der Waals surface area contributed by atoms with Crippen LogP contribution in [0.15, 0.2) is 87.3 Å². The predicted molar refractivity (Wildman–Crippen MR) is 244 cm³/mol. The van der Waals surface area contributed by atoms with Crippen LogP contribution < -0.4 is 11.4 Å². The molecule has 1 aliphatic carbocycles. The Balaban J connectivity index is 1.03. The number of hydrogen-bond donors (Lipinski definition) is 1. The Hall–Kier alpha value is -6.85. The first-order valence-electron chi connectivity index (χ1n) is 22.6. The number of nitrogens with zero attached hydrogens (tertiary/aromatic N) is 9. The van der Waals surface area contributed by atoms with Gasteiger partial charge in [0.2, 0.25) is 0 Å². The van der Waals surface area contributed by atoms with Gasteiger partial charge in [0.15, 0.2) is 5.82 Å². The molecule has 0 bridgehead atoms. The Labute approximate surface area is 378 Å². The monoisotopic (exact) mass is 894 g/mol. The molecule has 340 valence electrons.